The van der Waals surface area contributed by atoms with Crippen LogP contribution < -0.4 is 0 Å². The second kappa shape index (κ2) is 5.69. The second-order valence-electron chi connectivity index (χ2n) is 3.75. The van der Waals surface area contributed by atoms with Gasteiger partial charge in [-0.25, -0.2) is 4.79 Å². The first-order chi connectivity index (χ1) is 8.65. The zero-order valence-electron chi connectivity index (χ0n) is 9.47. The Labute approximate surface area is 113 Å². The van der Waals surface area contributed by atoms with E-state index in [0.717, 1.165) is 10.0 Å². The Morgan fingerprint density at radius 3 is 2.28 bits per heavy atom. The van der Waals surface area contributed by atoms with Gasteiger partial charge < -0.3 is 9.84 Å². The lowest BCUT2D eigenvalue weighted by Crippen LogP contribution is -2.04. The van der Waals surface area contributed by atoms with E-state index in [9.17, 15) is 4.79 Å². The highest BCUT2D eigenvalue weighted by Gasteiger charge is 2.06. The number of rotatable bonds is 3. The Morgan fingerprint density at radius 2 is 1.67 bits per heavy atom. The van der Waals surface area contributed by atoms with Crippen molar-refractivity contribution in [2.24, 2.45) is 0 Å². The third-order valence-electron chi connectivity index (χ3n) is 2.39. The number of halogens is 1. The number of esters is 1. The molecule has 0 amide bonds. The first-order valence-corrected chi connectivity index (χ1v) is 6.15. The van der Waals surface area contributed by atoms with E-state index in [1.54, 1.807) is 0 Å². The number of phenolic OH excluding ortho intramolecular Hbond substituents is 1. The third-order valence-corrected chi connectivity index (χ3v) is 2.91. The van der Waals surface area contributed by atoms with E-state index in [0.29, 0.717) is 5.56 Å². The molecule has 0 heterocycles. The second-order valence-corrected chi connectivity index (χ2v) is 4.67. The summed E-state index contributed by atoms with van der Waals surface area (Å²) in [6.07, 6.45) is 0. The summed E-state index contributed by atoms with van der Waals surface area (Å²) in [6.45, 7) is 0.229. The number of aromatic hydroxyl groups is 1. The van der Waals surface area contributed by atoms with Crippen molar-refractivity contribution >= 4 is 21.9 Å². The molecule has 0 saturated carbocycles. The summed E-state index contributed by atoms with van der Waals surface area (Å²) in [5, 5.41) is 9.12. The third kappa shape index (κ3) is 3.34. The van der Waals surface area contributed by atoms with E-state index < -0.39 is 5.97 Å². The highest BCUT2D eigenvalue weighted by atomic mass is 79.9. The Balaban J connectivity index is 1.96. The van der Waals surface area contributed by atoms with E-state index >= 15 is 0 Å². The molecule has 0 aliphatic heterocycles. The average Bonchev–Trinajstić information content (AvgIpc) is 2.38. The number of phenols is 1. The molecule has 92 valence electrons. The van der Waals surface area contributed by atoms with Crippen LogP contribution in [0.25, 0.3) is 0 Å². The van der Waals surface area contributed by atoms with Gasteiger partial charge in [0, 0.05) is 4.47 Å². The fourth-order valence-electron chi connectivity index (χ4n) is 1.41. The Kier molecular flexibility index (Phi) is 3.99. The number of hydrogen-bond acceptors (Lipinski definition) is 3. The molecule has 18 heavy (non-hydrogen) atoms. The van der Waals surface area contributed by atoms with Crippen LogP contribution in [0, 0.1) is 0 Å². The smallest absolute Gasteiger partial charge is 0.338 e. The Bertz CT molecular complexity index is 532. The van der Waals surface area contributed by atoms with Crippen LogP contribution >= 0.6 is 15.9 Å². The van der Waals surface area contributed by atoms with Gasteiger partial charge in [-0.1, -0.05) is 28.1 Å². The first-order valence-electron chi connectivity index (χ1n) is 5.36. The molecule has 0 aliphatic rings. The monoisotopic (exact) mass is 306 g/mol. The molecule has 3 nitrogen and oxygen atoms in total. The predicted octanol–water partition coefficient (Wildman–Crippen LogP) is 3.51. The van der Waals surface area contributed by atoms with Gasteiger partial charge in [0.05, 0.1) is 5.56 Å². The van der Waals surface area contributed by atoms with Crippen LogP contribution in [-0.2, 0) is 11.3 Å². The minimum Gasteiger partial charge on any atom is -0.508 e. The fourth-order valence-corrected chi connectivity index (χ4v) is 1.67. The molecular weight excluding hydrogens is 296 g/mol. The van der Waals surface area contributed by atoms with Gasteiger partial charge in [-0.15, -0.1) is 0 Å². The molecule has 0 bridgehead atoms. The highest BCUT2D eigenvalue weighted by molar-refractivity contribution is 9.10. The van der Waals surface area contributed by atoms with Gasteiger partial charge in [-0.05, 0) is 42.0 Å². The topological polar surface area (TPSA) is 46.5 Å². The van der Waals surface area contributed by atoms with E-state index in [2.05, 4.69) is 15.9 Å². The predicted molar refractivity (Wildman–Crippen MR) is 71.4 cm³/mol. The minimum absolute atomic E-state index is 0.124. The number of hydrogen-bond donors (Lipinski definition) is 1. The van der Waals surface area contributed by atoms with Gasteiger partial charge in [0.15, 0.2) is 0 Å². The molecule has 0 aromatic heterocycles. The van der Waals surface area contributed by atoms with Crippen LogP contribution in [0.4, 0.5) is 0 Å². The zero-order valence-corrected chi connectivity index (χ0v) is 11.1. The summed E-state index contributed by atoms with van der Waals surface area (Å²) in [6, 6.07) is 13.5. The lowest BCUT2D eigenvalue weighted by molar-refractivity contribution is 0.0472. The Hall–Kier alpha value is -1.81. The van der Waals surface area contributed by atoms with Crippen LogP contribution in [0.2, 0.25) is 0 Å². The van der Waals surface area contributed by atoms with Crippen molar-refractivity contribution in [3.05, 3.63) is 64.1 Å². The lowest BCUT2D eigenvalue weighted by atomic mass is 10.2. The van der Waals surface area contributed by atoms with Crippen molar-refractivity contribution < 1.29 is 14.6 Å². The van der Waals surface area contributed by atoms with Crippen molar-refractivity contribution in [2.45, 2.75) is 6.61 Å². The lowest BCUT2D eigenvalue weighted by Gasteiger charge is -2.05. The quantitative estimate of drug-likeness (QED) is 0.883. The van der Waals surface area contributed by atoms with Crippen molar-refractivity contribution in [1.82, 2.24) is 0 Å². The largest absolute Gasteiger partial charge is 0.508 e. The summed E-state index contributed by atoms with van der Waals surface area (Å²) in [7, 11) is 0. The Morgan fingerprint density at radius 1 is 1.06 bits per heavy atom. The molecule has 2 aromatic rings. The van der Waals surface area contributed by atoms with Gasteiger partial charge in [0.1, 0.15) is 12.4 Å². The number of benzene rings is 2. The minimum atomic E-state index is -0.405. The average molecular weight is 307 g/mol. The van der Waals surface area contributed by atoms with E-state index in [1.165, 1.54) is 24.3 Å². The zero-order chi connectivity index (χ0) is 13.0. The maximum atomic E-state index is 11.7. The highest BCUT2D eigenvalue weighted by Crippen LogP contribution is 2.13. The summed E-state index contributed by atoms with van der Waals surface area (Å²) in [5.74, 6) is -0.280. The van der Waals surface area contributed by atoms with Crippen LogP contribution in [-0.4, -0.2) is 11.1 Å². The first kappa shape index (κ1) is 12.6. The van der Waals surface area contributed by atoms with E-state index in [-0.39, 0.29) is 12.4 Å². The van der Waals surface area contributed by atoms with Gasteiger partial charge in [0.2, 0.25) is 0 Å². The van der Waals surface area contributed by atoms with Gasteiger partial charge >= 0.3 is 5.97 Å². The van der Waals surface area contributed by atoms with Crippen LogP contribution in [0.15, 0.2) is 53.0 Å². The number of carbonyl (C=O) groups is 1. The fraction of sp³-hybridized carbons (Fsp3) is 0.0714. The van der Waals surface area contributed by atoms with Crippen LogP contribution in [0.3, 0.4) is 0 Å². The van der Waals surface area contributed by atoms with Gasteiger partial charge in [-0.2, -0.15) is 0 Å². The molecule has 0 aliphatic carbocycles. The summed E-state index contributed by atoms with van der Waals surface area (Å²) >= 11 is 3.34. The summed E-state index contributed by atoms with van der Waals surface area (Å²) in [4.78, 5) is 11.7. The van der Waals surface area contributed by atoms with Gasteiger partial charge in [0.25, 0.3) is 0 Å². The molecular formula is C14H11BrO3. The molecule has 2 rings (SSSR count). The normalized spacial score (nSPS) is 10.1. The molecule has 4 heteroatoms. The van der Waals surface area contributed by atoms with Crippen LogP contribution in [0.5, 0.6) is 5.75 Å². The number of ether oxygens (including phenoxy) is 1. The summed E-state index contributed by atoms with van der Waals surface area (Å²) in [5.41, 5.74) is 1.34. The molecule has 2 aromatic carbocycles. The molecule has 0 saturated heterocycles. The molecule has 0 unspecified atom stereocenters. The molecule has 0 spiro atoms. The van der Waals surface area contributed by atoms with Gasteiger partial charge in [-0.3, -0.25) is 0 Å². The standard InChI is InChI=1S/C14H11BrO3/c15-12-5-1-10(2-6-12)9-18-14(17)11-3-7-13(16)8-4-11/h1-8,16H,9H2. The van der Waals surface area contributed by atoms with Crippen molar-refractivity contribution in [2.75, 3.05) is 0 Å². The van der Waals surface area contributed by atoms with E-state index in [1.807, 2.05) is 24.3 Å². The van der Waals surface area contributed by atoms with Crippen molar-refractivity contribution in [3.8, 4) is 5.75 Å². The maximum absolute atomic E-state index is 11.7. The van der Waals surface area contributed by atoms with Crippen LogP contribution in [0.1, 0.15) is 15.9 Å². The van der Waals surface area contributed by atoms with Crippen molar-refractivity contribution in [3.63, 3.8) is 0 Å². The summed E-state index contributed by atoms with van der Waals surface area (Å²) < 4.78 is 6.14. The van der Waals surface area contributed by atoms with Crippen molar-refractivity contribution in [1.29, 1.82) is 0 Å². The molecule has 1 N–H and O–H groups in total. The molecule has 0 atom stereocenters. The SMILES string of the molecule is O=C(OCc1ccc(Br)cc1)c1ccc(O)cc1. The number of carbonyl (C=O) groups excluding carboxylic acids is 1. The molecule has 0 fully saturated rings. The maximum Gasteiger partial charge on any atom is 0.338 e. The molecule has 0 radical (unpaired) electrons. The van der Waals surface area contributed by atoms with E-state index in [4.69, 9.17) is 9.84 Å².